The van der Waals surface area contributed by atoms with Gasteiger partial charge in [0.05, 0.1) is 11.7 Å². The van der Waals surface area contributed by atoms with E-state index in [-0.39, 0.29) is 23.4 Å². The largest absolute Gasteiger partial charge is 0.408 e. The van der Waals surface area contributed by atoms with Crippen molar-refractivity contribution in [1.82, 2.24) is 21.3 Å². The average Bonchev–Trinajstić information content (AvgIpc) is 2.69. The monoisotopic (exact) mass is 427 g/mol. The van der Waals surface area contributed by atoms with Gasteiger partial charge in [0, 0.05) is 6.08 Å². The summed E-state index contributed by atoms with van der Waals surface area (Å²) < 4.78 is 53.6. The number of hydrazine groups is 2. The molecule has 1 heterocycles. The summed E-state index contributed by atoms with van der Waals surface area (Å²) in [7, 11) is 0. The average molecular weight is 427 g/mol. The van der Waals surface area contributed by atoms with Gasteiger partial charge in [0.1, 0.15) is 23.8 Å². The number of alkyl halides is 3. The van der Waals surface area contributed by atoms with Crippen LogP contribution in [0.2, 0.25) is 0 Å². The van der Waals surface area contributed by atoms with E-state index in [1.165, 1.54) is 11.2 Å². The second-order valence-corrected chi connectivity index (χ2v) is 7.33. The first-order valence-electron chi connectivity index (χ1n) is 9.73. The maximum Gasteiger partial charge on any atom is 0.408 e. The smallest absolute Gasteiger partial charge is 0.386 e. The van der Waals surface area contributed by atoms with Crippen molar-refractivity contribution in [2.45, 2.75) is 57.5 Å². The van der Waals surface area contributed by atoms with Crippen molar-refractivity contribution in [3.05, 3.63) is 59.3 Å². The summed E-state index contributed by atoms with van der Waals surface area (Å²) in [6.45, 7) is 2.84. The number of aliphatic hydroxyl groups excluding tert-OH is 1. The Hall–Kier alpha value is -2.75. The van der Waals surface area contributed by atoms with Crippen LogP contribution in [0.5, 0.6) is 0 Å². The molecule has 0 saturated heterocycles. The third-order valence-corrected chi connectivity index (χ3v) is 4.95. The summed E-state index contributed by atoms with van der Waals surface area (Å²) in [4.78, 5) is 4.53. The number of amidine groups is 1. The Kier molecular flexibility index (Phi) is 6.55. The fraction of sp³-hybridized carbons (Fsp3) is 0.450. The van der Waals surface area contributed by atoms with Crippen LogP contribution >= 0.6 is 0 Å². The number of aliphatic hydroxyl groups is 1. The highest BCUT2D eigenvalue weighted by atomic mass is 19.4. The first kappa shape index (κ1) is 21.9. The fourth-order valence-electron chi connectivity index (χ4n) is 3.19. The molecule has 10 heteroatoms. The van der Waals surface area contributed by atoms with Gasteiger partial charge in [-0.15, -0.1) is 0 Å². The molecule has 3 atom stereocenters. The second-order valence-electron chi connectivity index (χ2n) is 7.33. The zero-order valence-electron chi connectivity index (χ0n) is 16.7. The predicted octanol–water partition coefficient (Wildman–Crippen LogP) is 3.58. The lowest BCUT2D eigenvalue weighted by molar-refractivity contribution is -0.150. The highest BCUT2D eigenvalue weighted by molar-refractivity contribution is 5.94. The summed E-state index contributed by atoms with van der Waals surface area (Å²) in [6, 6.07) is 7.26. The molecule has 1 aliphatic heterocycles. The predicted molar refractivity (Wildman–Crippen MR) is 105 cm³/mol. The summed E-state index contributed by atoms with van der Waals surface area (Å²) in [5.41, 5.74) is 6.63. The fourth-order valence-corrected chi connectivity index (χ4v) is 3.19. The number of hydrogen-bond donors (Lipinski definition) is 4. The highest BCUT2D eigenvalue weighted by Gasteiger charge is 2.37. The molecule has 0 radical (unpaired) electrons. The molecule has 2 aliphatic rings. The van der Waals surface area contributed by atoms with Crippen LogP contribution < -0.4 is 16.2 Å². The second kappa shape index (κ2) is 8.95. The standard InChI is InChI=1S/C20H25F4N5O/c1-12(14-7-4-3-5-8-14)25-17-11-18(26-13(2)20(22,23)24)28-29(27-17)15-9-6-10-16(30)19(15)21/h3-5,7-8,11-13,16,26,28,30H,6,9-10H2,1-2H3,(H,25,27)/t12-,13-,16?/m1/s1. The van der Waals surface area contributed by atoms with Crippen LogP contribution in [0.15, 0.2) is 58.7 Å². The lowest BCUT2D eigenvalue weighted by Crippen LogP contribution is -2.57. The van der Waals surface area contributed by atoms with Crippen LogP contribution in [-0.4, -0.2) is 34.4 Å². The molecule has 0 spiro atoms. The maximum atomic E-state index is 14.5. The molecule has 0 saturated carbocycles. The third kappa shape index (κ3) is 5.24. The number of aliphatic imine (C=N–C) groups is 1. The minimum absolute atomic E-state index is 0.0120. The van der Waals surface area contributed by atoms with Crippen molar-refractivity contribution in [1.29, 1.82) is 0 Å². The third-order valence-electron chi connectivity index (χ3n) is 4.95. The van der Waals surface area contributed by atoms with Gasteiger partial charge in [0.15, 0.2) is 5.83 Å². The van der Waals surface area contributed by atoms with E-state index in [2.05, 4.69) is 21.2 Å². The van der Waals surface area contributed by atoms with Gasteiger partial charge >= 0.3 is 6.18 Å². The van der Waals surface area contributed by atoms with Crippen LogP contribution in [0, 0.1) is 0 Å². The number of nitrogens with one attached hydrogen (secondary N) is 3. The molecule has 1 aromatic rings. The number of hydrogen-bond acceptors (Lipinski definition) is 5. The van der Waals surface area contributed by atoms with E-state index >= 15 is 0 Å². The molecule has 30 heavy (non-hydrogen) atoms. The number of halogens is 4. The molecule has 6 nitrogen and oxygen atoms in total. The lowest BCUT2D eigenvalue weighted by atomic mass is 10.0. The van der Waals surface area contributed by atoms with Gasteiger partial charge in [-0.05, 0) is 38.7 Å². The van der Waals surface area contributed by atoms with E-state index < -0.39 is 24.1 Å². The van der Waals surface area contributed by atoms with Crippen molar-refractivity contribution in [2.24, 2.45) is 4.99 Å². The molecule has 0 aromatic heterocycles. The normalized spacial score (nSPS) is 23.4. The van der Waals surface area contributed by atoms with Crippen LogP contribution in [0.3, 0.4) is 0 Å². The molecule has 3 rings (SSSR count). The Balaban J connectivity index is 1.90. The van der Waals surface area contributed by atoms with Gasteiger partial charge in [-0.25, -0.2) is 4.39 Å². The van der Waals surface area contributed by atoms with E-state index in [0.29, 0.717) is 19.3 Å². The molecule has 1 aromatic carbocycles. The molecule has 1 aliphatic carbocycles. The van der Waals surface area contributed by atoms with Crippen LogP contribution in [0.4, 0.5) is 17.6 Å². The van der Waals surface area contributed by atoms with Crippen molar-refractivity contribution >= 4 is 5.84 Å². The molecule has 4 N–H and O–H groups in total. The first-order valence-corrected chi connectivity index (χ1v) is 9.73. The van der Waals surface area contributed by atoms with E-state index in [0.717, 1.165) is 12.5 Å². The van der Waals surface area contributed by atoms with Gasteiger partial charge in [-0.1, -0.05) is 30.3 Å². The molecule has 0 bridgehead atoms. The minimum atomic E-state index is -4.46. The molecule has 1 unspecified atom stereocenters. The van der Waals surface area contributed by atoms with Gasteiger partial charge < -0.3 is 10.4 Å². The number of rotatable bonds is 5. The van der Waals surface area contributed by atoms with Crippen molar-refractivity contribution in [3.63, 3.8) is 0 Å². The SMILES string of the molecule is C[C@@H](N=C1C=C(N[C@H](C)C(F)(F)F)NN(C2=C(F)C(O)CCC2)N1)c1ccccc1. The van der Waals surface area contributed by atoms with E-state index in [4.69, 9.17) is 0 Å². The zero-order valence-corrected chi connectivity index (χ0v) is 16.7. The van der Waals surface area contributed by atoms with Crippen molar-refractivity contribution < 1.29 is 22.7 Å². The Labute approximate surface area is 172 Å². The van der Waals surface area contributed by atoms with Gasteiger partial charge in [-0.3, -0.25) is 15.8 Å². The molecular weight excluding hydrogens is 402 g/mol. The molecular formula is C20H25F4N5O. The van der Waals surface area contributed by atoms with Gasteiger partial charge in [0.2, 0.25) is 0 Å². The van der Waals surface area contributed by atoms with Crippen molar-refractivity contribution in [3.8, 4) is 0 Å². The Bertz CT molecular complexity index is 837. The Morgan fingerprint density at radius 3 is 2.57 bits per heavy atom. The number of allylic oxidation sites excluding steroid dienone is 1. The molecule has 164 valence electrons. The van der Waals surface area contributed by atoms with Gasteiger partial charge in [0.25, 0.3) is 0 Å². The maximum absolute atomic E-state index is 14.5. The minimum Gasteiger partial charge on any atom is -0.386 e. The molecule has 0 amide bonds. The Morgan fingerprint density at radius 1 is 1.20 bits per heavy atom. The number of benzene rings is 1. The zero-order chi connectivity index (χ0) is 21.9. The summed E-state index contributed by atoms with van der Waals surface area (Å²) in [6.07, 6.45) is -3.15. The van der Waals surface area contributed by atoms with Crippen LogP contribution in [-0.2, 0) is 0 Å². The highest BCUT2D eigenvalue weighted by Crippen LogP contribution is 2.28. The van der Waals surface area contributed by atoms with Crippen LogP contribution in [0.25, 0.3) is 0 Å². The Morgan fingerprint density at radius 2 is 1.90 bits per heavy atom. The van der Waals surface area contributed by atoms with Gasteiger partial charge in [-0.2, -0.15) is 18.3 Å². The summed E-state index contributed by atoms with van der Waals surface area (Å²) in [5, 5.41) is 13.4. The summed E-state index contributed by atoms with van der Waals surface area (Å²) in [5.74, 6) is -0.456. The number of nitrogens with zero attached hydrogens (tertiary/aromatic N) is 2. The summed E-state index contributed by atoms with van der Waals surface area (Å²) >= 11 is 0. The van der Waals surface area contributed by atoms with E-state index in [1.807, 2.05) is 37.3 Å². The lowest BCUT2D eigenvalue weighted by Gasteiger charge is -2.37. The quantitative estimate of drug-likeness (QED) is 0.541. The van der Waals surface area contributed by atoms with E-state index in [1.54, 1.807) is 0 Å². The molecule has 0 fully saturated rings. The topological polar surface area (TPSA) is 71.9 Å². The van der Waals surface area contributed by atoms with Crippen LogP contribution in [0.1, 0.15) is 44.7 Å². The first-order chi connectivity index (χ1) is 14.1. The van der Waals surface area contributed by atoms with Crippen molar-refractivity contribution in [2.75, 3.05) is 0 Å². The van der Waals surface area contributed by atoms with E-state index in [9.17, 15) is 22.7 Å².